The number of hydrogen-bond donors (Lipinski definition) is 1. The molecule has 1 aliphatic carbocycles. The number of aromatic nitrogens is 1. The summed E-state index contributed by atoms with van der Waals surface area (Å²) in [6.07, 6.45) is 11.8. The Balaban J connectivity index is 1.69. The van der Waals surface area contributed by atoms with Crippen molar-refractivity contribution >= 4 is 5.82 Å². The van der Waals surface area contributed by atoms with Crippen LogP contribution in [0.5, 0.6) is 0 Å². The fourth-order valence-corrected chi connectivity index (χ4v) is 3.87. The molecule has 2 heterocycles. The second kappa shape index (κ2) is 5.49. The van der Waals surface area contributed by atoms with Crippen molar-refractivity contribution < 1.29 is 0 Å². The number of rotatable bonds is 2. The van der Waals surface area contributed by atoms with Crippen LogP contribution in [0.3, 0.4) is 0 Å². The Labute approximate surface area is 116 Å². The van der Waals surface area contributed by atoms with Crippen LogP contribution < -0.4 is 10.6 Å². The first-order valence-electron chi connectivity index (χ1n) is 7.72. The molecule has 19 heavy (non-hydrogen) atoms. The minimum Gasteiger partial charge on any atom is -0.356 e. The molecule has 0 atom stereocenters. The van der Waals surface area contributed by atoms with Crippen LogP contribution in [0.15, 0.2) is 18.3 Å². The molecule has 0 aromatic carbocycles. The lowest BCUT2D eigenvalue weighted by molar-refractivity contribution is 0.144. The summed E-state index contributed by atoms with van der Waals surface area (Å²) in [6, 6.07) is 4.09. The average Bonchev–Trinajstić information content (AvgIpc) is 2.49. The Kier molecular flexibility index (Phi) is 3.74. The molecule has 2 fully saturated rings. The third-order valence-corrected chi connectivity index (χ3v) is 5.13. The van der Waals surface area contributed by atoms with Gasteiger partial charge in [-0.25, -0.2) is 4.98 Å². The summed E-state index contributed by atoms with van der Waals surface area (Å²) in [4.78, 5) is 7.00. The second-order valence-electron chi connectivity index (χ2n) is 6.24. The first-order chi connectivity index (χ1) is 9.33. The maximum absolute atomic E-state index is 5.83. The van der Waals surface area contributed by atoms with Crippen LogP contribution in [0.25, 0.3) is 0 Å². The molecule has 0 radical (unpaired) electrons. The summed E-state index contributed by atoms with van der Waals surface area (Å²) >= 11 is 0. The Morgan fingerprint density at radius 2 is 1.84 bits per heavy atom. The monoisotopic (exact) mass is 259 g/mol. The van der Waals surface area contributed by atoms with Gasteiger partial charge in [-0.3, -0.25) is 0 Å². The number of nitrogens with zero attached hydrogens (tertiary/aromatic N) is 2. The standard InChI is InChI=1S/C16H25N3/c17-13-14-5-4-10-18-15(14)19-11-8-16(9-12-19)6-2-1-3-7-16/h4-5,10H,1-3,6-9,11-13,17H2. The predicted molar refractivity (Wildman–Crippen MR) is 79.1 cm³/mol. The maximum Gasteiger partial charge on any atom is 0.132 e. The molecule has 3 heteroatoms. The topological polar surface area (TPSA) is 42.1 Å². The van der Waals surface area contributed by atoms with E-state index < -0.39 is 0 Å². The van der Waals surface area contributed by atoms with Gasteiger partial charge in [0.2, 0.25) is 0 Å². The summed E-state index contributed by atoms with van der Waals surface area (Å²) in [7, 11) is 0. The van der Waals surface area contributed by atoms with Gasteiger partial charge in [-0.1, -0.05) is 25.3 Å². The smallest absolute Gasteiger partial charge is 0.132 e. The van der Waals surface area contributed by atoms with E-state index in [2.05, 4.69) is 16.0 Å². The largest absolute Gasteiger partial charge is 0.356 e. The van der Waals surface area contributed by atoms with Gasteiger partial charge in [0.05, 0.1) is 0 Å². The predicted octanol–water partition coefficient (Wildman–Crippen LogP) is 3.09. The minimum atomic E-state index is 0.588. The minimum absolute atomic E-state index is 0.588. The van der Waals surface area contributed by atoms with E-state index in [-0.39, 0.29) is 0 Å². The molecule has 0 amide bonds. The quantitative estimate of drug-likeness (QED) is 0.887. The van der Waals surface area contributed by atoms with Crippen molar-refractivity contribution in [3.63, 3.8) is 0 Å². The van der Waals surface area contributed by atoms with Gasteiger partial charge in [0, 0.05) is 31.4 Å². The fourth-order valence-electron chi connectivity index (χ4n) is 3.87. The molecule has 104 valence electrons. The van der Waals surface area contributed by atoms with Crippen molar-refractivity contribution in [2.45, 2.75) is 51.5 Å². The molecule has 3 nitrogen and oxygen atoms in total. The third kappa shape index (κ3) is 2.62. The highest BCUT2D eigenvalue weighted by Gasteiger charge is 2.35. The van der Waals surface area contributed by atoms with Gasteiger partial charge in [0.1, 0.15) is 5.82 Å². The zero-order chi connectivity index (χ0) is 13.1. The average molecular weight is 259 g/mol. The van der Waals surface area contributed by atoms with Crippen molar-refractivity contribution in [2.75, 3.05) is 18.0 Å². The number of anilines is 1. The number of pyridine rings is 1. The molecule has 1 aliphatic heterocycles. The normalized spacial score (nSPS) is 22.7. The lowest BCUT2D eigenvalue weighted by Gasteiger charge is -2.45. The van der Waals surface area contributed by atoms with Gasteiger partial charge in [-0.15, -0.1) is 0 Å². The van der Waals surface area contributed by atoms with E-state index in [0.29, 0.717) is 12.0 Å². The molecular weight excluding hydrogens is 234 g/mol. The van der Waals surface area contributed by atoms with Gasteiger partial charge in [0.25, 0.3) is 0 Å². The Hall–Kier alpha value is -1.09. The second-order valence-corrected chi connectivity index (χ2v) is 6.24. The zero-order valence-corrected chi connectivity index (χ0v) is 11.8. The van der Waals surface area contributed by atoms with Crippen LogP contribution in [-0.4, -0.2) is 18.1 Å². The van der Waals surface area contributed by atoms with Gasteiger partial charge in [-0.05, 0) is 37.2 Å². The van der Waals surface area contributed by atoms with E-state index in [1.165, 1.54) is 50.5 Å². The molecule has 0 unspecified atom stereocenters. The van der Waals surface area contributed by atoms with Crippen molar-refractivity contribution in [3.8, 4) is 0 Å². The van der Waals surface area contributed by atoms with E-state index in [1.807, 2.05) is 12.3 Å². The van der Waals surface area contributed by atoms with E-state index in [1.54, 1.807) is 0 Å². The molecule has 2 aliphatic rings. The first-order valence-corrected chi connectivity index (χ1v) is 7.72. The third-order valence-electron chi connectivity index (χ3n) is 5.13. The molecule has 1 spiro atoms. The number of piperidine rings is 1. The van der Waals surface area contributed by atoms with Crippen LogP contribution in [0.4, 0.5) is 5.82 Å². The Morgan fingerprint density at radius 3 is 2.53 bits per heavy atom. The lowest BCUT2D eigenvalue weighted by Crippen LogP contribution is -2.41. The van der Waals surface area contributed by atoms with Crippen molar-refractivity contribution in [3.05, 3.63) is 23.9 Å². The van der Waals surface area contributed by atoms with E-state index in [9.17, 15) is 0 Å². The van der Waals surface area contributed by atoms with Crippen LogP contribution in [0.2, 0.25) is 0 Å². The number of hydrogen-bond acceptors (Lipinski definition) is 3. The van der Waals surface area contributed by atoms with Crippen molar-refractivity contribution in [2.24, 2.45) is 11.1 Å². The van der Waals surface area contributed by atoms with Gasteiger partial charge in [0.15, 0.2) is 0 Å². The summed E-state index contributed by atoms with van der Waals surface area (Å²) in [6.45, 7) is 2.90. The number of nitrogens with two attached hydrogens (primary N) is 1. The Bertz CT molecular complexity index is 414. The fraction of sp³-hybridized carbons (Fsp3) is 0.688. The van der Waals surface area contributed by atoms with E-state index in [0.717, 1.165) is 18.9 Å². The van der Waals surface area contributed by atoms with Crippen LogP contribution in [0.1, 0.15) is 50.5 Å². The summed E-state index contributed by atoms with van der Waals surface area (Å²) in [5.41, 5.74) is 7.67. The summed E-state index contributed by atoms with van der Waals surface area (Å²) in [5.74, 6) is 1.12. The van der Waals surface area contributed by atoms with Crippen LogP contribution in [-0.2, 0) is 6.54 Å². The molecular formula is C16H25N3. The maximum atomic E-state index is 5.83. The molecule has 1 aromatic heterocycles. The van der Waals surface area contributed by atoms with Crippen molar-refractivity contribution in [1.29, 1.82) is 0 Å². The molecule has 0 bridgehead atoms. The Morgan fingerprint density at radius 1 is 1.11 bits per heavy atom. The van der Waals surface area contributed by atoms with Gasteiger partial charge >= 0.3 is 0 Å². The van der Waals surface area contributed by atoms with Crippen molar-refractivity contribution in [1.82, 2.24) is 4.98 Å². The summed E-state index contributed by atoms with van der Waals surface area (Å²) < 4.78 is 0. The first kappa shape index (κ1) is 12.9. The van der Waals surface area contributed by atoms with E-state index >= 15 is 0 Å². The van der Waals surface area contributed by atoms with E-state index in [4.69, 9.17) is 5.73 Å². The molecule has 1 saturated carbocycles. The SMILES string of the molecule is NCc1cccnc1N1CCC2(CCCCC2)CC1. The van der Waals surface area contributed by atoms with Crippen LogP contribution >= 0.6 is 0 Å². The zero-order valence-electron chi connectivity index (χ0n) is 11.8. The highest BCUT2D eigenvalue weighted by Crippen LogP contribution is 2.45. The molecule has 1 aromatic rings. The molecule has 1 saturated heterocycles. The highest BCUT2D eigenvalue weighted by atomic mass is 15.2. The molecule has 3 rings (SSSR count). The van der Waals surface area contributed by atoms with Crippen LogP contribution in [0, 0.1) is 5.41 Å². The lowest BCUT2D eigenvalue weighted by atomic mass is 9.68. The van der Waals surface area contributed by atoms with Gasteiger partial charge in [-0.2, -0.15) is 0 Å². The highest BCUT2D eigenvalue weighted by molar-refractivity contribution is 5.47. The summed E-state index contributed by atoms with van der Waals surface area (Å²) in [5, 5.41) is 0. The van der Waals surface area contributed by atoms with Gasteiger partial charge < -0.3 is 10.6 Å². The molecule has 2 N–H and O–H groups in total.